The molecule has 18 nitrogen and oxygen atoms in total. The predicted molar refractivity (Wildman–Crippen MR) is 171 cm³/mol. The number of phenols is 1. The normalized spacial score (nSPS) is 16.3. The number of nitro benzene ring substituents is 1. The van der Waals surface area contributed by atoms with E-state index in [1.165, 1.54) is 53.4 Å². The van der Waals surface area contributed by atoms with Gasteiger partial charge in [0.2, 0.25) is 29.5 Å². The van der Waals surface area contributed by atoms with E-state index in [1.54, 1.807) is 0 Å². The SMILES string of the molecule is NC(=O)[C@@H]1CCCN1C(=O)[C@H](Cc1ccc([N+](=O)[O-])cc1)NC(=O)CNC(=O)[C@H](CSS(=O)(=O)O)NC(=O)[C@@H](N)Cc1ccc(O)cc1. The van der Waals surface area contributed by atoms with Gasteiger partial charge in [0, 0.05) is 30.9 Å². The largest absolute Gasteiger partial charge is 0.508 e. The van der Waals surface area contributed by atoms with Crippen LogP contribution in [0.15, 0.2) is 48.5 Å². The fraction of sp³-hybridized carbons (Fsp3) is 0.393. The molecule has 5 amide bonds. The molecule has 0 radical (unpaired) electrons. The topological polar surface area (TPSA) is 294 Å². The second-order valence-electron chi connectivity index (χ2n) is 10.8. The van der Waals surface area contributed by atoms with Crippen molar-refractivity contribution in [1.29, 1.82) is 0 Å². The number of hydrogen-bond acceptors (Lipinski definition) is 12. The van der Waals surface area contributed by atoms with E-state index < -0.39 is 80.1 Å². The molecule has 1 saturated heterocycles. The minimum Gasteiger partial charge on any atom is -0.508 e. The van der Waals surface area contributed by atoms with E-state index in [-0.39, 0.29) is 41.6 Å². The number of amides is 5. The van der Waals surface area contributed by atoms with Crippen molar-refractivity contribution in [2.75, 3.05) is 18.8 Å². The molecular weight excluding hydrogens is 674 g/mol. The average Bonchev–Trinajstić information content (AvgIpc) is 3.52. The van der Waals surface area contributed by atoms with Gasteiger partial charge in [-0.3, -0.25) is 38.6 Å². The third-order valence-electron chi connectivity index (χ3n) is 7.25. The summed E-state index contributed by atoms with van der Waals surface area (Å²) in [4.78, 5) is 75.8. The molecule has 20 heteroatoms. The summed E-state index contributed by atoms with van der Waals surface area (Å²) < 4.78 is 31.8. The van der Waals surface area contributed by atoms with Crippen molar-refractivity contribution in [3.63, 3.8) is 0 Å². The van der Waals surface area contributed by atoms with Crippen LogP contribution in [-0.2, 0) is 46.0 Å². The summed E-state index contributed by atoms with van der Waals surface area (Å²) in [5.74, 6) is -4.79. The van der Waals surface area contributed by atoms with Gasteiger partial charge in [-0.05, 0) is 53.3 Å². The van der Waals surface area contributed by atoms with E-state index in [1.807, 2.05) is 0 Å². The summed E-state index contributed by atoms with van der Waals surface area (Å²) in [6, 6.07) is 6.08. The highest BCUT2D eigenvalue weighted by Gasteiger charge is 2.37. The van der Waals surface area contributed by atoms with Crippen molar-refractivity contribution in [3.05, 3.63) is 69.8 Å². The third kappa shape index (κ3) is 11.5. The Kier molecular flexibility index (Phi) is 13.2. The van der Waals surface area contributed by atoms with Crippen LogP contribution in [0.2, 0.25) is 0 Å². The van der Waals surface area contributed by atoms with Gasteiger partial charge in [0.1, 0.15) is 23.9 Å². The van der Waals surface area contributed by atoms with Crippen LogP contribution in [0.5, 0.6) is 5.75 Å². The summed E-state index contributed by atoms with van der Waals surface area (Å²) in [5, 5.41) is 27.5. The van der Waals surface area contributed by atoms with Crippen molar-refractivity contribution < 1.29 is 47.0 Å². The van der Waals surface area contributed by atoms with E-state index in [4.69, 9.17) is 16.0 Å². The van der Waals surface area contributed by atoms with Gasteiger partial charge in [-0.1, -0.05) is 24.3 Å². The first-order valence-corrected chi connectivity index (χ1v) is 17.3. The van der Waals surface area contributed by atoms with E-state index in [9.17, 15) is 47.6 Å². The van der Waals surface area contributed by atoms with Crippen LogP contribution in [-0.4, -0.2) is 100 Å². The summed E-state index contributed by atoms with van der Waals surface area (Å²) in [6.07, 6.45) is 0.663. The molecule has 0 aliphatic carbocycles. The first-order chi connectivity index (χ1) is 22.5. The highest BCUT2D eigenvalue weighted by atomic mass is 33.1. The Balaban J connectivity index is 1.70. The molecule has 0 unspecified atom stereocenters. The van der Waals surface area contributed by atoms with Crippen LogP contribution in [0.3, 0.4) is 0 Å². The first kappa shape index (κ1) is 37.7. The number of non-ortho nitro benzene ring substituents is 1. The van der Waals surface area contributed by atoms with Crippen LogP contribution in [0, 0.1) is 10.1 Å². The molecule has 3 rings (SSSR count). The molecule has 48 heavy (non-hydrogen) atoms. The van der Waals surface area contributed by atoms with Crippen molar-refractivity contribution in [3.8, 4) is 5.75 Å². The Bertz CT molecular complexity index is 1620. The zero-order valence-electron chi connectivity index (χ0n) is 25.3. The van der Waals surface area contributed by atoms with Gasteiger partial charge in [0.15, 0.2) is 0 Å². The molecule has 4 atom stereocenters. The lowest BCUT2D eigenvalue weighted by Gasteiger charge is -2.28. The number of hydrogen-bond donors (Lipinski definition) is 7. The first-order valence-electron chi connectivity index (χ1n) is 14.4. The maximum atomic E-state index is 13.5. The molecule has 1 aliphatic heterocycles. The van der Waals surface area contributed by atoms with Gasteiger partial charge >= 0.3 is 9.15 Å². The molecule has 1 aliphatic rings. The lowest BCUT2D eigenvalue weighted by molar-refractivity contribution is -0.384. The van der Waals surface area contributed by atoms with Gasteiger partial charge in [0.25, 0.3) is 5.69 Å². The lowest BCUT2D eigenvalue weighted by atomic mass is 10.0. The van der Waals surface area contributed by atoms with E-state index in [2.05, 4.69) is 16.0 Å². The van der Waals surface area contributed by atoms with Crippen LogP contribution >= 0.6 is 10.8 Å². The summed E-state index contributed by atoms with van der Waals surface area (Å²) in [5.41, 5.74) is 12.2. The van der Waals surface area contributed by atoms with Gasteiger partial charge in [0.05, 0.1) is 17.5 Å². The number of nitrogens with zero attached hydrogens (tertiary/aromatic N) is 2. The second-order valence-corrected chi connectivity index (χ2v) is 14.2. The molecule has 0 bridgehead atoms. The van der Waals surface area contributed by atoms with Gasteiger partial charge < -0.3 is 37.4 Å². The van der Waals surface area contributed by atoms with Crippen molar-refractivity contribution in [2.24, 2.45) is 11.5 Å². The molecule has 0 aromatic heterocycles. The van der Waals surface area contributed by atoms with Crippen LogP contribution < -0.4 is 27.4 Å². The second kappa shape index (κ2) is 16.9. The molecule has 2 aromatic rings. The monoisotopic (exact) mass is 709 g/mol. The number of nitrogens with one attached hydrogen (secondary N) is 3. The quantitative estimate of drug-likeness (QED) is 0.0453. The Morgan fingerprint density at radius 2 is 1.58 bits per heavy atom. The number of rotatable bonds is 16. The zero-order chi connectivity index (χ0) is 35.6. The van der Waals surface area contributed by atoms with E-state index in [0.717, 1.165) is 0 Å². The Hall–Kier alpha value is -4.79. The summed E-state index contributed by atoms with van der Waals surface area (Å²) in [6.45, 7) is -0.553. The van der Waals surface area contributed by atoms with Gasteiger partial charge in [-0.25, -0.2) is 0 Å². The van der Waals surface area contributed by atoms with E-state index in [0.29, 0.717) is 24.0 Å². The fourth-order valence-corrected chi connectivity index (χ4v) is 6.31. The van der Waals surface area contributed by atoms with Crippen molar-refractivity contribution in [2.45, 2.75) is 49.9 Å². The number of aromatic hydroxyl groups is 1. The molecule has 260 valence electrons. The molecule has 1 fully saturated rings. The van der Waals surface area contributed by atoms with Crippen LogP contribution in [0.25, 0.3) is 0 Å². The van der Waals surface area contributed by atoms with Crippen LogP contribution in [0.1, 0.15) is 24.0 Å². The lowest BCUT2D eigenvalue weighted by Crippen LogP contribution is -2.56. The molecule has 9 N–H and O–H groups in total. The predicted octanol–water partition coefficient (Wildman–Crippen LogP) is -1.49. The average molecular weight is 710 g/mol. The number of carbonyl (C=O) groups excluding carboxylic acids is 5. The van der Waals surface area contributed by atoms with Crippen LogP contribution in [0.4, 0.5) is 5.69 Å². The summed E-state index contributed by atoms with van der Waals surface area (Å²) in [7, 11) is -4.68. The molecule has 0 spiro atoms. The number of phenolic OH excluding ortho intramolecular Hbond substituents is 1. The Morgan fingerprint density at radius 1 is 0.979 bits per heavy atom. The third-order valence-corrected chi connectivity index (χ3v) is 9.32. The number of nitrogens with two attached hydrogens (primary N) is 2. The minimum atomic E-state index is -4.64. The fourth-order valence-electron chi connectivity index (χ4n) is 4.85. The van der Waals surface area contributed by atoms with Crippen molar-refractivity contribution in [1.82, 2.24) is 20.9 Å². The minimum absolute atomic E-state index is 0.00674. The molecule has 1 heterocycles. The molecular formula is C28H35N7O11S2. The maximum Gasteiger partial charge on any atom is 0.319 e. The molecule has 0 saturated carbocycles. The highest BCUT2D eigenvalue weighted by molar-refractivity contribution is 8.69. The zero-order valence-corrected chi connectivity index (χ0v) is 26.9. The van der Waals surface area contributed by atoms with Gasteiger partial charge in [-0.2, -0.15) is 8.42 Å². The summed E-state index contributed by atoms with van der Waals surface area (Å²) >= 11 is 0. The Labute approximate surface area is 278 Å². The highest BCUT2D eigenvalue weighted by Crippen LogP contribution is 2.20. The van der Waals surface area contributed by atoms with E-state index >= 15 is 0 Å². The Morgan fingerprint density at radius 3 is 2.17 bits per heavy atom. The number of benzene rings is 2. The van der Waals surface area contributed by atoms with Crippen molar-refractivity contribution >= 4 is 55.2 Å². The maximum absolute atomic E-state index is 13.5. The number of nitro groups is 1. The smallest absolute Gasteiger partial charge is 0.319 e. The standard InChI is InChI=1S/C28H35N7O11S2/c29-20(12-16-5-9-19(36)10-6-16)26(39)33-22(15-47-48(44,45)46)27(40)31-14-24(37)32-21(13-17-3-7-18(8-4-17)35(42)43)28(41)34-11-1-2-23(34)25(30)38/h3-10,20-23,36H,1-2,11-15,29H2,(H2,30,38)(H,31,40)(H,32,37)(H,33,39)(H,44,45,46)/t20-,21-,22-,23-/m0/s1. The number of likely N-dealkylation sites (tertiary alicyclic amines) is 1. The number of carbonyl (C=O) groups is 5. The molecule has 2 aromatic carbocycles. The number of primary amides is 1. The van der Waals surface area contributed by atoms with Gasteiger partial charge in [-0.15, -0.1) is 0 Å².